The number of carbonyl (C=O) groups is 1. The average Bonchev–Trinajstić information content (AvgIpc) is 2.29. The Kier molecular flexibility index (Phi) is 5.94. The van der Waals surface area contributed by atoms with Gasteiger partial charge in [0.2, 0.25) is 0 Å². The van der Waals surface area contributed by atoms with Crippen LogP contribution < -0.4 is 5.73 Å². The fourth-order valence-corrected chi connectivity index (χ4v) is 1.50. The van der Waals surface area contributed by atoms with Crippen molar-refractivity contribution in [3.05, 3.63) is 47.7 Å². The highest BCUT2D eigenvalue weighted by molar-refractivity contribution is 5.82. The van der Waals surface area contributed by atoms with E-state index in [9.17, 15) is 4.79 Å². The van der Waals surface area contributed by atoms with Crippen molar-refractivity contribution in [3.63, 3.8) is 0 Å². The molecule has 0 unspecified atom stereocenters. The van der Waals surface area contributed by atoms with Crippen molar-refractivity contribution < 1.29 is 9.53 Å². The lowest BCUT2D eigenvalue weighted by Gasteiger charge is -2.16. The molecule has 0 aliphatic rings. The van der Waals surface area contributed by atoms with Crippen LogP contribution in [0.5, 0.6) is 0 Å². The van der Waals surface area contributed by atoms with Crippen molar-refractivity contribution in [2.45, 2.75) is 13.5 Å². The predicted molar refractivity (Wildman–Crippen MR) is 71.7 cm³/mol. The maximum absolute atomic E-state index is 11.2. The molecule has 0 radical (unpaired) electrons. The van der Waals surface area contributed by atoms with Crippen LogP contribution in [0.4, 0.5) is 0 Å². The minimum atomic E-state index is -0.386. The molecule has 1 aromatic carbocycles. The average molecular weight is 248 g/mol. The van der Waals surface area contributed by atoms with Gasteiger partial charge in [-0.3, -0.25) is 4.90 Å². The van der Waals surface area contributed by atoms with Gasteiger partial charge in [-0.1, -0.05) is 30.3 Å². The van der Waals surface area contributed by atoms with Gasteiger partial charge in [-0.15, -0.1) is 0 Å². The van der Waals surface area contributed by atoms with E-state index in [1.165, 1.54) is 11.6 Å². The van der Waals surface area contributed by atoms with Crippen LogP contribution in [0, 0.1) is 0 Å². The molecule has 0 aromatic heterocycles. The molecule has 0 bridgehead atoms. The molecule has 0 heterocycles. The van der Waals surface area contributed by atoms with Crippen LogP contribution in [-0.4, -0.2) is 31.1 Å². The van der Waals surface area contributed by atoms with Crippen LogP contribution >= 0.6 is 0 Å². The van der Waals surface area contributed by atoms with Gasteiger partial charge in [0.25, 0.3) is 0 Å². The van der Waals surface area contributed by atoms with Gasteiger partial charge < -0.3 is 10.5 Å². The number of esters is 1. The smallest absolute Gasteiger partial charge is 0.332 e. The number of nitrogens with two attached hydrogens (primary N) is 1. The molecule has 0 fully saturated rings. The molecule has 1 aromatic rings. The van der Waals surface area contributed by atoms with E-state index in [0.29, 0.717) is 18.8 Å². The molecule has 18 heavy (non-hydrogen) atoms. The SMILES string of the molecule is CC(N)=CC(=O)OCCN(C)Cc1ccccc1. The Hall–Kier alpha value is -1.81. The lowest BCUT2D eigenvalue weighted by Crippen LogP contribution is -2.23. The molecule has 2 N–H and O–H groups in total. The molecule has 0 aliphatic heterocycles. The van der Waals surface area contributed by atoms with E-state index in [4.69, 9.17) is 10.5 Å². The molecule has 0 aliphatic carbocycles. The van der Waals surface area contributed by atoms with Crippen LogP contribution in [0.3, 0.4) is 0 Å². The fourth-order valence-electron chi connectivity index (χ4n) is 1.50. The number of likely N-dealkylation sites (N-methyl/N-ethyl adjacent to an activating group) is 1. The molecular weight excluding hydrogens is 228 g/mol. The molecule has 4 nitrogen and oxygen atoms in total. The third-order valence-electron chi connectivity index (χ3n) is 2.36. The van der Waals surface area contributed by atoms with Crippen LogP contribution in [-0.2, 0) is 16.1 Å². The maximum Gasteiger partial charge on any atom is 0.332 e. The second-order valence-corrected chi connectivity index (χ2v) is 4.28. The molecule has 0 amide bonds. The highest BCUT2D eigenvalue weighted by Gasteiger charge is 2.02. The summed E-state index contributed by atoms with van der Waals surface area (Å²) in [6, 6.07) is 10.2. The number of hydrogen-bond donors (Lipinski definition) is 1. The van der Waals surface area contributed by atoms with Crippen LogP contribution in [0.2, 0.25) is 0 Å². The van der Waals surface area contributed by atoms with Gasteiger partial charge in [0.15, 0.2) is 0 Å². The Bertz CT molecular complexity index is 398. The summed E-state index contributed by atoms with van der Waals surface area (Å²) in [6.07, 6.45) is 1.29. The summed E-state index contributed by atoms with van der Waals surface area (Å²) in [5.41, 5.74) is 7.07. The lowest BCUT2D eigenvalue weighted by atomic mass is 10.2. The number of hydrogen-bond acceptors (Lipinski definition) is 4. The zero-order chi connectivity index (χ0) is 13.4. The number of allylic oxidation sites excluding steroid dienone is 1. The largest absolute Gasteiger partial charge is 0.461 e. The summed E-state index contributed by atoms with van der Waals surface area (Å²) < 4.78 is 5.02. The molecular formula is C14H20N2O2. The standard InChI is InChI=1S/C14H20N2O2/c1-12(15)10-14(17)18-9-8-16(2)11-13-6-4-3-5-7-13/h3-7,10H,8-9,11,15H2,1-2H3. The quantitative estimate of drug-likeness (QED) is 0.612. The monoisotopic (exact) mass is 248 g/mol. The summed E-state index contributed by atoms with van der Waals surface area (Å²) in [6.45, 7) is 3.55. The summed E-state index contributed by atoms with van der Waals surface area (Å²) in [5.74, 6) is -0.386. The molecule has 0 saturated heterocycles. The fraction of sp³-hybridized carbons (Fsp3) is 0.357. The highest BCUT2D eigenvalue weighted by atomic mass is 16.5. The zero-order valence-electron chi connectivity index (χ0n) is 10.9. The van der Waals surface area contributed by atoms with E-state index < -0.39 is 0 Å². The first kappa shape index (κ1) is 14.3. The van der Waals surface area contributed by atoms with Crippen molar-refractivity contribution in [2.75, 3.05) is 20.2 Å². The van der Waals surface area contributed by atoms with Crippen molar-refractivity contribution in [1.82, 2.24) is 4.90 Å². The zero-order valence-corrected chi connectivity index (χ0v) is 10.9. The molecule has 0 atom stereocenters. The summed E-state index contributed by atoms with van der Waals surface area (Å²) in [5, 5.41) is 0. The topological polar surface area (TPSA) is 55.6 Å². The summed E-state index contributed by atoms with van der Waals surface area (Å²) in [4.78, 5) is 13.3. The van der Waals surface area contributed by atoms with Gasteiger partial charge in [-0.2, -0.15) is 0 Å². The number of ether oxygens (including phenoxy) is 1. The van der Waals surface area contributed by atoms with Crippen molar-refractivity contribution in [1.29, 1.82) is 0 Å². The van der Waals surface area contributed by atoms with E-state index in [-0.39, 0.29) is 5.97 Å². The van der Waals surface area contributed by atoms with Gasteiger partial charge in [0.05, 0.1) is 0 Å². The summed E-state index contributed by atoms with van der Waals surface area (Å²) in [7, 11) is 1.99. The second-order valence-electron chi connectivity index (χ2n) is 4.28. The molecule has 1 rings (SSSR count). The maximum atomic E-state index is 11.2. The van der Waals surface area contributed by atoms with Crippen molar-refractivity contribution in [2.24, 2.45) is 5.73 Å². The number of benzene rings is 1. The first-order valence-corrected chi connectivity index (χ1v) is 5.91. The van der Waals surface area contributed by atoms with Gasteiger partial charge in [-0.05, 0) is 19.5 Å². The minimum absolute atomic E-state index is 0.367. The number of carbonyl (C=O) groups excluding carboxylic acids is 1. The summed E-state index contributed by atoms with van der Waals surface area (Å²) >= 11 is 0. The lowest BCUT2D eigenvalue weighted by molar-refractivity contribution is -0.138. The Morgan fingerprint density at radius 2 is 2.06 bits per heavy atom. The first-order valence-electron chi connectivity index (χ1n) is 5.91. The van der Waals surface area contributed by atoms with Crippen LogP contribution in [0.1, 0.15) is 12.5 Å². The van der Waals surface area contributed by atoms with E-state index in [2.05, 4.69) is 17.0 Å². The van der Waals surface area contributed by atoms with Crippen LogP contribution in [0.15, 0.2) is 42.1 Å². The Labute approximate surface area is 108 Å². The third kappa shape index (κ3) is 6.06. The minimum Gasteiger partial charge on any atom is -0.461 e. The Balaban J connectivity index is 2.24. The molecule has 98 valence electrons. The second kappa shape index (κ2) is 7.50. The van der Waals surface area contributed by atoms with Gasteiger partial charge in [0, 0.05) is 24.9 Å². The number of rotatable bonds is 6. The van der Waals surface area contributed by atoms with Gasteiger partial charge >= 0.3 is 5.97 Å². The Morgan fingerprint density at radius 1 is 1.39 bits per heavy atom. The van der Waals surface area contributed by atoms with Gasteiger partial charge in [0.1, 0.15) is 6.61 Å². The normalized spacial score (nSPS) is 11.6. The third-order valence-corrected chi connectivity index (χ3v) is 2.36. The number of nitrogens with zero attached hydrogens (tertiary/aromatic N) is 1. The van der Waals surface area contributed by atoms with E-state index in [1.807, 2.05) is 25.2 Å². The van der Waals surface area contributed by atoms with Crippen molar-refractivity contribution >= 4 is 5.97 Å². The van der Waals surface area contributed by atoms with Crippen LogP contribution in [0.25, 0.3) is 0 Å². The van der Waals surface area contributed by atoms with E-state index >= 15 is 0 Å². The molecule has 0 saturated carbocycles. The van der Waals surface area contributed by atoms with E-state index in [1.54, 1.807) is 6.92 Å². The predicted octanol–water partition coefficient (Wildman–Crippen LogP) is 1.52. The highest BCUT2D eigenvalue weighted by Crippen LogP contribution is 2.02. The van der Waals surface area contributed by atoms with Gasteiger partial charge in [-0.25, -0.2) is 4.79 Å². The van der Waals surface area contributed by atoms with E-state index in [0.717, 1.165) is 6.54 Å². The first-order chi connectivity index (χ1) is 8.58. The molecule has 0 spiro atoms. The van der Waals surface area contributed by atoms with Crippen molar-refractivity contribution in [3.8, 4) is 0 Å². The molecule has 4 heteroatoms. The Morgan fingerprint density at radius 3 is 2.67 bits per heavy atom.